The second-order valence-corrected chi connectivity index (χ2v) is 6.71. The van der Waals surface area contributed by atoms with Gasteiger partial charge in [-0.1, -0.05) is 70.0 Å². The van der Waals surface area contributed by atoms with Crippen molar-refractivity contribution < 1.29 is 14.0 Å². The monoisotopic (exact) mass is 315 g/mol. The second-order valence-electron chi connectivity index (χ2n) is 6.71. The van der Waals surface area contributed by atoms with Crippen LogP contribution < -0.4 is 11.1 Å². The molecule has 0 aromatic carbocycles. The first-order valence-corrected chi connectivity index (χ1v) is 8.91. The van der Waals surface area contributed by atoms with Crippen molar-refractivity contribution in [2.45, 2.75) is 76.4 Å². The number of carbonyl (C=O) groups is 2. The highest BCUT2D eigenvalue weighted by Crippen LogP contribution is 2.25. The lowest BCUT2D eigenvalue weighted by Gasteiger charge is -2.13. The summed E-state index contributed by atoms with van der Waals surface area (Å²) in [7, 11) is 2.06. The number of imide groups is 1. The molecule has 2 aliphatic rings. The summed E-state index contributed by atoms with van der Waals surface area (Å²) in [5, 5.41) is 2.27. The zero-order chi connectivity index (χ0) is 16.1. The summed E-state index contributed by atoms with van der Waals surface area (Å²) in [4.78, 5) is 27.5. The van der Waals surface area contributed by atoms with E-state index in [4.69, 9.17) is 4.42 Å². The molecule has 0 saturated heterocycles. The molecular weight excluding hydrogens is 291 g/mol. The first kappa shape index (κ1) is 16.3. The summed E-state index contributed by atoms with van der Waals surface area (Å²) in [6, 6.07) is 0. The van der Waals surface area contributed by atoms with Crippen LogP contribution in [0, 0.1) is 0 Å². The van der Waals surface area contributed by atoms with Gasteiger partial charge in [0.15, 0.2) is 0 Å². The molecule has 0 atom stereocenters. The molecule has 1 aromatic rings. The molecule has 1 N–H and O–H groups in total. The Morgan fingerprint density at radius 1 is 0.957 bits per heavy atom. The van der Waals surface area contributed by atoms with Gasteiger partial charge >= 0.3 is 0 Å². The normalized spacial score (nSPS) is 21.2. The van der Waals surface area contributed by atoms with E-state index in [0.29, 0.717) is 17.3 Å². The van der Waals surface area contributed by atoms with E-state index in [-0.39, 0.29) is 18.1 Å². The number of oxazole rings is 1. The van der Waals surface area contributed by atoms with Gasteiger partial charge in [0, 0.05) is 0 Å². The number of rotatable bonds is 2. The summed E-state index contributed by atoms with van der Waals surface area (Å²) < 4.78 is 5.59. The van der Waals surface area contributed by atoms with Crippen molar-refractivity contribution >= 4 is 24.9 Å². The Hall–Kier alpha value is -1.59. The third-order valence-corrected chi connectivity index (χ3v) is 4.78. The number of hydrogen-bond donors (Lipinski definition) is 1. The van der Waals surface area contributed by atoms with Gasteiger partial charge in [-0.2, -0.15) is 0 Å². The first-order valence-electron chi connectivity index (χ1n) is 8.91. The van der Waals surface area contributed by atoms with E-state index in [1.807, 2.05) is 0 Å². The van der Waals surface area contributed by atoms with Gasteiger partial charge in [-0.05, 0) is 0 Å². The molecule has 2 heterocycles. The van der Waals surface area contributed by atoms with Crippen molar-refractivity contribution in [3.63, 3.8) is 0 Å². The largest absolute Gasteiger partial charge is 0.446 e. The molecule has 1 fully saturated rings. The predicted octanol–water partition coefficient (Wildman–Crippen LogP) is 2.52. The van der Waals surface area contributed by atoms with Crippen LogP contribution in [-0.4, -0.2) is 24.1 Å². The molecule has 2 amide bonds. The minimum atomic E-state index is -0.467. The van der Waals surface area contributed by atoms with Gasteiger partial charge in [-0.15, -0.1) is 0 Å². The van der Waals surface area contributed by atoms with Crippen molar-refractivity contribution in [3.05, 3.63) is 11.5 Å². The number of carbonyl (C=O) groups excluding carboxylic acids is 2. The maximum Gasteiger partial charge on any atom is 0.295 e. The zero-order valence-corrected chi connectivity index (χ0v) is 13.6. The molecule has 0 bridgehead atoms. The van der Waals surface area contributed by atoms with Crippen molar-refractivity contribution in [1.29, 1.82) is 0 Å². The summed E-state index contributed by atoms with van der Waals surface area (Å²) in [6.45, 7) is 0. The molecule has 23 heavy (non-hydrogen) atoms. The van der Waals surface area contributed by atoms with Crippen LogP contribution in [0.15, 0.2) is 4.42 Å². The van der Waals surface area contributed by atoms with Crippen molar-refractivity contribution in [1.82, 2.24) is 10.3 Å². The zero-order valence-electron chi connectivity index (χ0n) is 13.6. The molecule has 6 heteroatoms. The fourth-order valence-electron chi connectivity index (χ4n) is 3.50. The van der Waals surface area contributed by atoms with Gasteiger partial charge in [-0.25, -0.2) is 4.98 Å². The number of aromatic nitrogens is 1. The van der Waals surface area contributed by atoms with Gasteiger partial charge in [0.05, 0.1) is 6.42 Å². The van der Waals surface area contributed by atoms with E-state index in [1.54, 1.807) is 0 Å². The summed E-state index contributed by atoms with van der Waals surface area (Å²) in [6.07, 6.45) is 12.9. The molecule has 1 saturated carbocycles. The maximum atomic E-state index is 11.7. The first-order chi connectivity index (χ1) is 11.2. The number of fused-ring (bicyclic) bond motifs is 1. The van der Waals surface area contributed by atoms with E-state index in [1.165, 1.54) is 51.4 Å². The van der Waals surface area contributed by atoms with Crippen molar-refractivity contribution in [2.75, 3.05) is 0 Å². The average molecular weight is 315 g/mol. The number of hydrogen-bond acceptors (Lipinski definition) is 4. The highest BCUT2D eigenvalue weighted by molar-refractivity contribution is 6.52. The number of nitrogens with zero attached hydrogens (tertiary/aromatic N) is 1. The standard InChI is InChI=1S/C17H24BN2O3/c21-14-11-13-15(16(22)20-14)23-17(19-13)18-12-9-7-5-3-1-2-4-6-8-10-12/h12H,1-11H2,(H,20,21,22). The lowest BCUT2D eigenvalue weighted by atomic mass is 9.60. The van der Waals surface area contributed by atoms with Crippen LogP contribution in [0.5, 0.6) is 0 Å². The third kappa shape index (κ3) is 4.46. The number of nitrogens with one attached hydrogen (secondary N) is 1. The Balaban J connectivity index is 1.63. The quantitative estimate of drug-likeness (QED) is 0.672. The van der Waals surface area contributed by atoms with Crippen LogP contribution in [0.3, 0.4) is 0 Å². The lowest BCUT2D eigenvalue weighted by molar-refractivity contribution is -0.119. The molecular formula is C17H24BN2O3. The molecule has 3 rings (SSSR count). The van der Waals surface area contributed by atoms with Crippen LogP contribution in [0.2, 0.25) is 5.82 Å². The summed E-state index contributed by atoms with van der Waals surface area (Å²) in [5.74, 6) is 0.377. The van der Waals surface area contributed by atoms with Crippen LogP contribution in [0.1, 0.15) is 80.5 Å². The maximum absolute atomic E-state index is 11.7. The highest BCUT2D eigenvalue weighted by Gasteiger charge is 2.29. The van der Waals surface area contributed by atoms with Gasteiger partial charge < -0.3 is 4.42 Å². The van der Waals surface area contributed by atoms with E-state index in [2.05, 4.69) is 17.6 Å². The minimum Gasteiger partial charge on any atom is -0.446 e. The minimum absolute atomic E-state index is 0.128. The Morgan fingerprint density at radius 2 is 1.57 bits per heavy atom. The molecule has 1 aliphatic heterocycles. The SMILES string of the molecule is O=C1Cc2nc([B]C3CCCCCCCCCC3)oc2C(=O)N1. The van der Waals surface area contributed by atoms with E-state index in [0.717, 1.165) is 12.8 Å². The summed E-state index contributed by atoms with van der Waals surface area (Å²) in [5.41, 5.74) is 0.474. The van der Waals surface area contributed by atoms with Crippen LogP contribution >= 0.6 is 0 Å². The molecule has 5 nitrogen and oxygen atoms in total. The fraction of sp³-hybridized carbons (Fsp3) is 0.706. The predicted molar refractivity (Wildman–Crippen MR) is 88.0 cm³/mol. The molecule has 1 radical (unpaired) electrons. The van der Waals surface area contributed by atoms with E-state index >= 15 is 0 Å². The third-order valence-electron chi connectivity index (χ3n) is 4.78. The average Bonchev–Trinajstić information content (AvgIpc) is 2.88. The Morgan fingerprint density at radius 3 is 2.22 bits per heavy atom. The fourth-order valence-corrected chi connectivity index (χ4v) is 3.50. The Kier molecular flexibility index (Phi) is 5.52. The van der Waals surface area contributed by atoms with Gasteiger partial charge in [-0.3, -0.25) is 14.9 Å². The van der Waals surface area contributed by atoms with Gasteiger partial charge in [0.25, 0.3) is 5.91 Å². The number of amides is 2. The second kappa shape index (κ2) is 7.80. The van der Waals surface area contributed by atoms with E-state index in [9.17, 15) is 9.59 Å². The molecule has 1 aromatic heterocycles. The molecule has 123 valence electrons. The van der Waals surface area contributed by atoms with Crippen LogP contribution in [-0.2, 0) is 11.2 Å². The van der Waals surface area contributed by atoms with Crippen molar-refractivity contribution in [3.8, 4) is 0 Å². The van der Waals surface area contributed by atoms with Crippen LogP contribution in [0.25, 0.3) is 0 Å². The lowest BCUT2D eigenvalue weighted by Crippen LogP contribution is -2.36. The smallest absolute Gasteiger partial charge is 0.295 e. The van der Waals surface area contributed by atoms with E-state index < -0.39 is 5.91 Å². The Bertz CT molecular complexity index is 558. The van der Waals surface area contributed by atoms with Gasteiger partial charge in [0.1, 0.15) is 11.5 Å². The van der Waals surface area contributed by atoms with Crippen molar-refractivity contribution in [2.24, 2.45) is 0 Å². The van der Waals surface area contributed by atoms with Crippen LogP contribution in [0.4, 0.5) is 0 Å². The van der Waals surface area contributed by atoms with Gasteiger partial charge in [0.2, 0.25) is 18.9 Å². The molecule has 0 spiro atoms. The topological polar surface area (TPSA) is 72.2 Å². The highest BCUT2D eigenvalue weighted by atomic mass is 16.4. The Labute approximate surface area is 137 Å². The molecule has 1 aliphatic carbocycles. The summed E-state index contributed by atoms with van der Waals surface area (Å²) >= 11 is 0. The molecule has 0 unspecified atom stereocenters.